The van der Waals surface area contributed by atoms with Gasteiger partial charge in [0, 0.05) is 11.2 Å². The lowest BCUT2D eigenvalue weighted by Gasteiger charge is -2.18. The summed E-state index contributed by atoms with van der Waals surface area (Å²) >= 11 is 0. The van der Waals surface area contributed by atoms with Gasteiger partial charge in [0.1, 0.15) is 0 Å². The molecule has 0 atom stereocenters. The molecule has 0 amide bonds. The molecule has 0 spiro atoms. The molecule has 0 saturated heterocycles. The molecule has 0 fully saturated rings. The quantitative estimate of drug-likeness (QED) is 0.845. The Labute approximate surface area is 99.8 Å². The molecule has 17 heavy (non-hydrogen) atoms. The number of aromatic nitrogens is 4. The van der Waals surface area contributed by atoms with Gasteiger partial charge in [-0.3, -0.25) is 5.10 Å². The molecule has 6 nitrogen and oxygen atoms in total. The molecule has 0 saturated carbocycles. The predicted octanol–water partition coefficient (Wildman–Crippen LogP) is 1.66. The number of hydrogen-bond acceptors (Lipinski definition) is 5. The van der Waals surface area contributed by atoms with Crippen LogP contribution in [0.3, 0.4) is 0 Å². The minimum absolute atomic E-state index is 0.0280. The smallest absolute Gasteiger partial charge is 0.251 e. The number of aryl methyl sites for hydroxylation is 1. The monoisotopic (exact) mass is 235 g/mol. The highest BCUT2D eigenvalue weighted by Crippen LogP contribution is 2.19. The van der Waals surface area contributed by atoms with Gasteiger partial charge < -0.3 is 9.73 Å². The predicted molar refractivity (Wildman–Crippen MR) is 63.2 cm³/mol. The first-order valence-electron chi connectivity index (χ1n) is 5.53. The highest BCUT2D eigenvalue weighted by Gasteiger charge is 2.14. The molecule has 0 aliphatic carbocycles. The van der Waals surface area contributed by atoms with Crippen LogP contribution in [-0.2, 0) is 6.54 Å². The van der Waals surface area contributed by atoms with E-state index in [-0.39, 0.29) is 5.54 Å². The molecule has 2 aromatic rings. The van der Waals surface area contributed by atoms with Crippen LogP contribution in [0, 0.1) is 6.92 Å². The van der Waals surface area contributed by atoms with Gasteiger partial charge in [0.05, 0.1) is 18.3 Å². The lowest BCUT2D eigenvalue weighted by molar-refractivity contribution is 0.383. The minimum Gasteiger partial charge on any atom is -0.419 e. The Bertz CT molecular complexity index is 494. The fraction of sp³-hybridized carbons (Fsp3) is 0.545. The molecule has 2 heterocycles. The van der Waals surface area contributed by atoms with Crippen molar-refractivity contribution in [1.82, 2.24) is 25.7 Å². The lowest BCUT2D eigenvalue weighted by atomic mass is 10.1. The first-order valence-corrected chi connectivity index (χ1v) is 5.53. The molecular formula is C11H17N5O. The molecule has 0 aliphatic heterocycles. The van der Waals surface area contributed by atoms with Gasteiger partial charge in [0.15, 0.2) is 0 Å². The molecule has 0 bridgehead atoms. The van der Waals surface area contributed by atoms with E-state index in [9.17, 15) is 0 Å². The molecular weight excluding hydrogens is 218 g/mol. The molecule has 2 rings (SSSR count). The van der Waals surface area contributed by atoms with Gasteiger partial charge in [0.25, 0.3) is 5.89 Å². The number of nitrogens with zero attached hydrogens (tertiary/aromatic N) is 3. The second-order valence-electron chi connectivity index (χ2n) is 5.01. The topological polar surface area (TPSA) is 79.6 Å². The van der Waals surface area contributed by atoms with Crippen LogP contribution in [0.5, 0.6) is 0 Å². The first-order chi connectivity index (χ1) is 7.96. The van der Waals surface area contributed by atoms with E-state index >= 15 is 0 Å². The van der Waals surface area contributed by atoms with Crippen molar-refractivity contribution in [2.45, 2.75) is 39.8 Å². The summed E-state index contributed by atoms with van der Waals surface area (Å²) in [6.45, 7) is 8.74. The van der Waals surface area contributed by atoms with Crippen LogP contribution < -0.4 is 5.32 Å². The zero-order valence-corrected chi connectivity index (χ0v) is 10.5. The Hall–Kier alpha value is -1.69. The number of hydrogen-bond donors (Lipinski definition) is 2. The van der Waals surface area contributed by atoms with Crippen LogP contribution in [0.2, 0.25) is 0 Å². The van der Waals surface area contributed by atoms with Crippen molar-refractivity contribution in [2.75, 3.05) is 0 Å². The fourth-order valence-corrected chi connectivity index (χ4v) is 1.34. The third kappa shape index (κ3) is 2.91. The number of rotatable bonds is 3. The molecule has 6 heteroatoms. The van der Waals surface area contributed by atoms with Crippen LogP contribution in [-0.4, -0.2) is 25.9 Å². The van der Waals surface area contributed by atoms with Crippen LogP contribution in [0.15, 0.2) is 10.6 Å². The third-order valence-electron chi connectivity index (χ3n) is 2.30. The molecule has 0 unspecified atom stereocenters. The van der Waals surface area contributed by atoms with Crippen molar-refractivity contribution in [2.24, 2.45) is 0 Å². The lowest BCUT2D eigenvalue weighted by Crippen LogP contribution is -2.35. The van der Waals surface area contributed by atoms with Crippen molar-refractivity contribution >= 4 is 0 Å². The van der Waals surface area contributed by atoms with E-state index in [1.807, 2.05) is 6.92 Å². The largest absolute Gasteiger partial charge is 0.419 e. The van der Waals surface area contributed by atoms with Crippen LogP contribution in [0.1, 0.15) is 32.4 Å². The summed E-state index contributed by atoms with van der Waals surface area (Å²) in [7, 11) is 0. The maximum atomic E-state index is 5.56. The molecule has 0 aliphatic rings. The van der Waals surface area contributed by atoms with Crippen molar-refractivity contribution in [3.8, 4) is 11.5 Å². The summed E-state index contributed by atoms with van der Waals surface area (Å²) in [4.78, 5) is 0. The maximum absolute atomic E-state index is 5.56. The molecule has 2 aromatic heterocycles. The number of aromatic amines is 1. The van der Waals surface area contributed by atoms with E-state index in [0.29, 0.717) is 18.3 Å². The zero-order valence-electron chi connectivity index (χ0n) is 10.5. The van der Waals surface area contributed by atoms with Crippen LogP contribution in [0.4, 0.5) is 0 Å². The Morgan fingerprint density at radius 2 is 2.12 bits per heavy atom. The summed E-state index contributed by atoms with van der Waals surface area (Å²) in [5, 5.41) is 18.1. The van der Waals surface area contributed by atoms with Gasteiger partial charge in [-0.25, -0.2) is 0 Å². The second-order valence-corrected chi connectivity index (χ2v) is 5.01. The standard InChI is InChI=1S/C11H17N5O/c1-7-8(5-13-14-7)10-16-15-9(17-10)6-12-11(2,3)4/h5,12H,6H2,1-4H3,(H,13,14). The van der Waals surface area contributed by atoms with E-state index in [1.54, 1.807) is 6.20 Å². The highest BCUT2D eigenvalue weighted by atomic mass is 16.4. The van der Waals surface area contributed by atoms with E-state index in [1.165, 1.54) is 0 Å². The SMILES string of the molecule is Cc1[nH]ncc1-c1nnc(CNC(C)(C)C)o1. The van der Waals surface area contributed by atoms with Gasteiger partial charge >= 0.3 is 0 Å². The summed E-state index contributed by atoms with van der Waals surface area (Å²) in [6.07, 6.45) is 1.68. The van der Waals surface area contributed by atoms with Gasteiger partial charge in [0.2, 0.25) is 5.89 Å². The summed E-state index contributed by atoms with van der Waals surface area (Å²) < 4.78 is 5.56. The second kappa shape index (κ2) is 4.29. The summed E-state index contributed by atoms with van der Waals surface area (Å²) in [5.41, 5.74) is 1.80. The van der Waals surface area contributed by atoms with Crippen LogP contribution >= 0.6 is 0 Å². The summed E-state index contributed by atoms with van der Waals surface area (Å²) in [6, 6.07) is 0. The van der Waals surface area contributed by atoms with E-state index in [2.05, 4.69) is 46.5 Å². The van der Waals surface area contributed by atoms with Gasteiger partial charge in [-0.15, -0.1) is 10.2 Å². The van der Waals surface area contributed by atoms with Crippen molar-refractivity contribution in [3.05, 3.63) is 17.8 Å². The van der Waals surface area contributed by atoms with Gasteiger partial charge in [-0.05, 0) is 27.7 Å². The Morgan fingerprint density at radius 1 is 1.35 bits per heavy atom. The van der Waals surface area contributed by atoms with E-state index in [0.717, 1.165) is 11.3 Å². The Kier molecular flexibility index (Phi) is 2.97. The van der Waals surface area contributed by atoms with Crippen molar-refractivity contribution in [1.29, 1.82) is 0 Å². The first kappa shape index (κ1) is 11.8. The average Bonchev–Trinajstić information content (AvgIpc) is 2.81. The molecule has 2 N–H and O–H groups in total. The van der Waals surface area contributed by atoms with Gasteiger partial charge in [-0.1, -0.05) is 0 Å². The molecule has 0 radical (unpaired) electrons. The van der Waals surface area contributed by atoms with Crippen LogP contribution in [0.25, 0.3) is 11.5 Å². The zero-order chi connectivity index (χ0) is 12.5. The number of nitrogens with one attached hydrogen (secondary N) is 2. The summed E-state index contributed by atoms with van der Waals surface area (Å²) in [5.74, 6) is 1.08. The van der Waals surface area contributed by atoms with Crippen molar-refractivity contribution in [3.63, 3.8) is 0 Å². The number of H-pyrrole nitrogens is 1. The Morgan fingerprint density at radius 3 is 2.71 bits per heavy atom. The molecule has 92 valence electrons. The highest BCUT2D eigenvalue weighted by molar-refractivity contribution is 5.53. The average molecular weight is 235 g/mol. The maximum Gasteiger partial charge on any atom is 0.251 e. The van der Waals surface area contributed by atoms with E-state index in [4.69, 9.17) is 4.42 Å². The third-order valence-corrected chi connectivity index (χ3v) is 2.30. The van der Waals surface area contributed by atoms with Gasteiger partial charge in [-0.2, -0.15) is 5.10 Å². The van der Waals surface area contributed by atoms with Crippen molar-refractivity contribution < 1.29 is 4.42 Å². The molecule has 0 aromatic carbocycles. The minimum atomic E-state index is 0.0280. The Balaban J connectivity index is 2.09. The van der Waals surface area contributed by atoms with E-state index < -0.39 is 0 Å². The normalized spacial score (nSPS) is 12.0. The fourth-order valence-electron chi connectivity index (χ4n) is 1.34.